The van der Waals surface area contributed by atoms with Gasteiger partial charge < -0.3 is 20.4 Å². The quantitative estimate of drug-likeness (QED) is 0.541. The number of piperidine rings is 1. The maximum absolute atomic E-state index is 14.4. The van der Waals surface area contributed by atoms with Crippen molar-refractivity contribution >= 4 is 17.5 Å². The molecule has 9 nitrogen and oxygen atoms in total. The molecule has 3 aromatic rings. The van der Waals surface area contributed by atoms with E-state index >= 15 is 0 Å². The van der Waals surface area contributed by atoms with Gasteiger partial charge in [-0.15, -0.1) is 0 Å². The van der Waals surface area contributed by atoms with Gasteiger partial charge in [-0.3, -0.25) is 9.36 Å². The van der Waals surface area contributed by atoms with Crippen molar-refractivity contribution in [1.29, 1.82) is 0 Å². The molecule has 6 rings (SSSR count). The summed E-state index contributed by atoms with van der Waals surface area (Å²) in [6.07, 6.45) is 5.20. The van der Waals surface area contributed by atoms with Gasteiger partial charge in [-0.1, -0.05) is 0 Å². The number of hydrogen-bond acceptors (Lipinski definition) is 5. The number of urea groups is 1. The summed E-state index contributed by atoms with van der Waals surface area (Å²) in [6, 6.07) is 3.74. The highest BCUT2D eigenvalue weighted by Gasteiger charge is 2.34. The first-order chi connectivity index (χ1) is 18.4. The number of carbonyl (C=O) groups is 1. The van der Waals surface area contributed by atoms with Gasteiger partial charge in [0, 0.05) is 67.9 Å². The van der Waals surface area contributed by atoms with E-state index in [1.165, 1.54) is 5.69 Å². The molecule has 3 aliphatic heterocycles. The lowest BCUT2D eigenvalue weighted by atomic mass is 9.92. The van der Waals surface area contributed by atoms with Gasteiger partial charge in [-0.2, -0.15) is 10.2 Å². The number of rotatable bonds is 4. The highest BCUT2D eigenvalue weighted by atomic mass is 19.3. The summed E-state index contributed by atoms with van der Waals surface area (Å²) in [5.41, 5.74) is 5.24. The van der Waals surface area contributed by atoms with E-state index in [2.05, 4.69) is 25.3 Å². The van der Waals surface area contributed by atoms with Gasteiger partial charge in [-0.05, 0) is 62.0 Å². The monoisotopic (exact) mass is 524 g/mol. The summed E-state index contributed by atoms with van der Waals surface area (Å²) in [6.45, 7) is 3.67. The zero-order valence-corrected chi connectivity index (χ0v) is 21.9. The number of aromatic nitrogens is 4. The molecular formula is C27H34F2N8O. The topological polar surface area (TPSA) is 83.2 Å². The summed E-state index contributed by atoms with van der Waals surface area (Å²) >= 11 is 0. The molecule has 38 heavy (non-hydrogen) atoms. The van der Waals surface area contributed by atoms with Crippen LogP contribution in [-0.4, -0.2) is 63.7 Å². The van der Waals surface area contributed by atoms with Gasteiger partial charge in [0.1, 0.15) is 0 Å². The van der Waals surface area contributed by atoms with E-state index in [1.54, 1.807) is 42.1 Å². The number of benzene rings is 1. The van der Waals surface area contributed by atoms with Crippen LogP contribution in [0.1, 0.15) is 54.1 Å². The van der Waals surface area contributed by atoms with E-state index in [0.717, 1.165) is 67.8 Å². The number of hydrogen-bond donors (Lipinski definition) is 2. The van der Waals surface area contributed by atoms with E-state index < -0.39 is 6.43 Å². The van der Waals surface area contributed by atoms with Crippen molar-refractivity contribution < 1.29 is 13.6 Å². The Kier molecular flexibility index (Phi) is 6.55. The number of aryl methyl sites for hydroxylation is 2. The Balaban J connectivity index is 1.46. The average molecular weight is 525 g/mol. The predicted octanol–water partition coefficient (Wildman–Crippen LogP) is 3.93. The smallest absolute Gasteiger partial charge is 0.317 e. The van der Waals surface area contributed by atoms with E-state index in [1.807, 2.05) is 6.07 Å². The highest BCUT2D eigenvalue weighted by Crippen LogP contribution is 2.43. The number of nitrogens with one attached hydrogen (secondary N) is 2. The fraction of sp³-hybridized carbons (Fsp3) is 0.519. The van der Waals surface area contributed by atoms with E-state index in [4.69, 9.17) is 5.10 Å². The standard InChI is InChI=1S/C27H34F2N8O/c1-30-27(38)35-11-7-23-22(16-35)26(33-37(23)19-5-8-31-9-6-19)36-10-3-4-17-12-20(18-14-32-34(2)15-18)21(25(28)29)13-24(17)36/h12-15,19,25,31H,3-11,16H2,1-2H3,(H,30,38). The lowest BCUT2D eigenvalue weighted by Crippen LogP contribution is -2.42. The minimum atomic E-state index is -2.62. The van der Waals surface area contributed by atoms with E-state index in [0.29, 0.717) is 36.8 Å². The van der Waals surface area contributed by atoms with Crippen LogP contribution in [0, 0.1) is 0 Å². The highest BCUT2D eigenvalue weighted by molar-refractivity contribution is 5.78. The number of alkyl halides is 2. The maximum Gasteiger partial charge on any atom is 0.317 e. The second-order valence-electron chi connectivity index (χ2n) is 10.4. The molecule has 2 N–H and O–H groups in total. The number of anilines is 2. The Bertz CT molecular complexity index is 1340. The van der Waals surface area contributed by atoms with Crippen LogP contribution in [-0.2, 0) is 26.4 Å². The molecule has 0 unspecified atom stereocenters. The van der Waals surface area contributed by atoms with Crippen LogP contribution < -0.4 is 15.5 Å². The van der Waals surface area contributed by atoms with Crippen molar-refractivity contribution in [2.24, 2.45) is 7.05 Å². The minimum Gasteiger partial charge on any atom is -0.341 e. The zero-order valence-electron chi connectivity index (χ0n) is 21.9. The molecule has 1 fully saturated rings. The summed E-state index contributed by atoms with van der Waals surface area (Å²) in [5.74, 6) is 0.794. The Morgan fingerprint density at radius 1 is 1.18 bits per heavy atom. The Morgan fingerprint density at radius 2 is 2.00 bits per heavy atom. The third kappa shape index (κ3) is 4.32. The molecule has 5 heterocycles. The fourth-order valence-electron chi connectivity index (χ4n) is 6.19. The van der Waals surface area contributed by atoms with Crippen molar-refractivity contribution in [3.05, 3.63) is 46.9 Å². The number of carbonyl (C=O) groups excluding carboxylic acids is 1. The zero-order chi connectivity index (χ0) is 26.4. The van der Waals surface area contributed by atoms with Crippen LogP contribution in [0.2, 0.25) is 0 Å². The van der Waals surface area contributed by atoms with E-state index in [9.17, 15) is 13.6 Å². The van der Waals surface area contributed by atoms with Crippen molar-refractivity contribution in [1.82, 2.24) is 35.1 Å². The number of fused-ring (bicyclic) bond motifs is 2. The molecule has 0 radical (unpaired) electrons. The van der Waals surface area contributed by atoms with Crippen molar-refractivity contribution in [2.75, 3.05) is 38.1 Å². The van der Waals surface area contributed by atoms with Crippen molar-refractivity contribution in [3.63, 3.8) is 0 Å². The van der Waals surface area contributed by atoms with Crippen LogP contribution in [0.3, 0.4) is 0 Å². The normalized spacial score (nSPS) is 18.0. The largest absolute Gasteiger partial charge is 0.341 e. The molecule has 202 valence electrons. The van der Waals surface area contributed by atoms with Crippen LogP contribution in [0.5, 0.6) is 0 Å². The lowest BCUT2D eigenvalue weighted by Gasteiger charge is -2.33. The number of amides is 2. The van der Waals surface area contributed by atoms with E-state index in [-0.39, 0.29) is 11.6 Å². The van der Waals surface area contributed by atoms with Gasteiger partial charge in [0.2, 0.25) is 0 Å². The second-order valence-corrected chi connectivity index (χ2v) is 10.4. The first-order valence-electron chi connectivity index (χ1n) is 13.4. The number of halogens is 2. The molecule has 0 bridgehead atoms. The predicted molar refractivity (Wildman–Crippen MR) is 141 cm³/mol. The number of nitrogens with zero attached hydrogens (tertiary/aromatic N) is 6. The van der Waals surface area contributed by atoms with Crippen LogP contribution in [0.25, 0.3) is 11.1 Å². The molecule has 2 amide bonds. The van der Waals surface area contributed by atoms with Crippen molar-refractivity contribution in [2.45, 2.75) is 51.1 Å². The minimum absolute atomic E-state index is 0.00212. The van der Waals surface area contributed by atoms with Gasteiger partial charge in [0.15, 0.2) is 5.82 Å². The molecule has 1 saturated heterocycles. The SMILES string of the molecule is CNC(=O)N1CCc2c(c(N3CCCc4cc(-c5cnn(C)c5)c(C(F)F)cc43)nn2C2CCNCC2)C1. The van der Waals surface area contributed by atoms with Gasteiger partial charge in [0.25, 0.3) is 6.43 Å². The average Bonchev–Trinajstić information content (AvgIpc) is 3.55. The molecule has 0 aliphatic carbocycles. The Morgan fingerprint density at radius 3 is 2.71 bits per heavy atom. The van der Waals surface area contributed by atoms with Crippen molar-refractivity contribution in [3.8, 4) is 11.1 Å². The molecule has 11 heteroatoms. The Hall–Kier alpha value is -3.47. The summed E-state index contributed by atoms with van der Waals surface area (Å²) in [7, 11) is 3.43. The second kappa shape index (κ2) is 10.0. The molecule has 0 spiro atoms. The van der Waals surface area contributed by atoms with Crippen LogP contribution in [0.4, 0.5) is 25.1 Å². The molecule has 0 atom stereocenters. The Labute approximate surface area is 220 Å². The van der Waals surface area contributed by atoms with Crippen LogP contribution in [0.15, 0.2) is 24.5 Å². The molecule has 1 aromatic carbocycles. The van der Waals surface area contributed by atoms with Gasteiger partial charge >= 0.3 is 6.03 Å². The third-order valence-electron chi connectivity index (χ3n) is 8.10. The molecule has 2 aromatic heterocycles. The third-order valence-corrected chi connectivity index (χ3v) is 8.10. The van der Waals surface area contributed by atoms with Gasteiger partial charge in [0.05, 0.1) is 18.8 Å². The summed E-state index contributed by atoms with van der Waals surface area (Å²) in [4.78, 5) is 16.5. The lowest BCUT2D eigenvalue weighted by molar-refractivity contribution is 0.152. The maximum atomic E-state index is 14.4. The fourth-order valence-corrected chi connectivity index (χ4v) is 6.19. The molecular weight excluding hydrogens is 490 g/mol. The summed E-state index contributed by atoms with van der Waals surface area (Å²) < 4.78 is 32.6. The first kappa shape index (κ1) is 24.8. The summed E-state index contributed by atoms with van der Waals surface area (Å²) in [5, 5.41) is 15.5. The first-order valence-corrected chi connectivity index (χ1v) is 13.4. The molecule has 0 saturated carbocycles. The van der Waals surface area contributed by atoms with Gasteiger partial charge in [-0.25, -0.2) is 13.6 Å². The van der Waals surface area contributed by atoms with Crippen LogP contribution >= 0.6 is 0 Å². The molecule has 3 aliphatic rings.